The number of carbonyl (C=O) groups excluding carboxylic acids is 1. The van der Waals surface area contributed by atoms with E-state index in [-0.39, 0.29) is 5.69 Å². The summed E-state index contributed by atoms with van der Waals surface area (Å²) in [6.07, 6.45) is 1.87. The van der Waals surface area contributed by atoms with Crippen LogP contribution in [0.15, 0.2) is 46.1 Å². The lowest BCUT2D eigenvalue weighted by atomic mass is 10.2. The molecule has 2 rings (SSSR count). The first-order chi connectivity index (χ1) is 7.74. The van der Waals surface area contributed by atoms with Gasteiger partial charge in [0.15, 0.2) is 6.29 Å². The van der Waals surface area contributed by atoms with Gasteiger partial charge in [-0.15, -0.1) is 0 Å². The summed E-state index contributed by atoms with van der Waals surface area (Å²) >= 11 is 0. The molecular formula is C11H8N2O3. The summed E-state index contributed by atoms with van der Waals surface area (Å²) in [6, 6.07) is 7.63. The highest BCUT2D eigenvalue weighted by Crippen LogP contribution is 2.07. The van der Waals surface area contributed by atoms with Crippen molar-refractivity contribution in [3.8, 4) is 5.69 Å². The normalized spacial score (nSPS) is 10.0. The maximum atomic E-state index is 11.5. The molecule has 0 aliphatic rings. The predicted molar refractivity (Wildman–Crippen MR) is 58.0 cm³/mol. The van der Waals surface area contributed by atoms with E-state index in [1.807, 2.05) is 0 Å². The third-order valence-corrected chi connectivity index (χ3v) is 2.16. The monoisotopic (exact) mass is 216 g/mol. The number of benzene rings is 1. The van der Waals surface area contributed by atoms with E-state index < -0.39 is 11.2 Å². The van der Waals surface area contributed by atoms with Crippen LogP contribution >= 0.6 is 0 Å². The molecule has 0 atom stereocenters. The summed E-state index contributed by atoms with van der Waals surface area (Å²) in [5, 5.41) is 0. The smallest absolute Gasteiger partial charge is 0.314 e. The molecule has 1 aromatic carbocycles. The topological polar surface area (TPSA) is 71.9 Å². The Morgan fingerprint density at radius 1 is 1.12 bits per heavy atom. The second-order valence-electron chi connectivity index (χ2n) is 3.13. The highest BCUT2D eigenvalue weighted by molar-refractivity contribution is 5.80. The van der Waals surface area contributed by atoms with Crippen molar-refractivity contribution >= 4 is 6.29 Å². The Kier molecular flexibility index (Phi) is 2.51. The quantitative estimate of drug-likeness (QED) is 0.735. The number of hydrogen-bond acceptors (Lipinski definition) is 3. The van der Waals surface area contributed by atoms with E-state index in [1.165, 1.54) is 12.3 Å². The maximum Gasteiger partial charge on any atom is 0.333 e. The van der Waals surface area contributed by atoms with Crippen LogP contribution in [0.25, 0.3) is 5.69 Å². The first-order valence-electron chi connectivity index (χ1n) is 4.59. The Labute approximate surface area is 90.0 Å². The average molecular weight is 216 g/mol. The zero-order valence-electron chi connectivity index (χ0n) is 8.21. The molecular weight excluding hydrogens is 208 g/mol. The van der Waals surface area contributed by atoms with E-state index in [4.69, 9.17) is 0 Å². The van der Waals surface area contributed by atoms with E-state index in [9.17, 15) is 14.4 Å². The molecule has 2 aromatic rings. The molecule has 0 saturated heterocycles. The molecule has 16 heavy (non-hydrogen) atoms. The molecule has 1 aromatic heterocycles. The number of H-pyrrole nitrogens is 1. The third kappa shape index (κ3) is 1.58. The van der Waals surface area contributed by atoms with Crippen LogP contribution < -0.4 is 11.2 Å². The largest absolute Gasteiger partial charge is 0.333 e. The van der Waals surface area contributed by atoms with Gasteiger partial charge in [-0.3, -0.25) is 9.59 Å². The first kappa shape index (κ1) is 10.1. The van der Waals surface area contributed by atoms with Gasteiger partial charge in [0.2, 0.25) is 0 Å². The van der Waals surface area contributed by atoms with E-state index >= 15 is 0 Å². The fraction of sp³-hybridized carbons (Fsp3) is 0. The van der Waals surface area contributed by atoms with Crippen LogP contribution in [0, 0.1) is 0 Å². The molecule has 0 saturated carbocycles. The molecule has 0 aliphatic heterocycles. The van der Waals surface area contributed by atoms with Gasteiger partial charge >= 0.3 is 5.69 Å². The summed E-state index contributed by atoms with van der Waals surface area (Å²) in [5.41, 5.74) is -0.467. The van der Waals surface area contributed by atoms with Crippen molar-refractivity contribution in [3.05, 3.63) is 62.9 Å². The number of aromatic amines is 1. The molecule has 0 spiro atoms. The zero-order chi connectivity index (χ0) is 11.5. The van der Waals surface area contributed by atoms with Crippen LogP contribution in [-0.2, 0) is 0 Å². The van der Waals surface area contributed by atoms with Crippen molar-refractivity contribution in [1.29, 1.82) is 0 Å². The van der Waals surface area contributed by atoms with E-state index in [0.717, 1.165) is 4.57 Å². The SMILES string of the molecule is O=Cc1ccccc1-n1c(=O)cc[nH]c1=O. The number of aromatic nitrogens is 2. The van der Waals surface area contributed by atoms with Gasteiger partial charge in [-0.1, -0.05) is 12.1 Å². The van der Waals surface area contributed by atoms with E-state index in [2.05, 4.69) is 4.98 Å². The Hall–Kier alpha value is -2.43. The minimum Gasteiger partial charge on any atom is -0.314 e. The van der Waals surface area contributed by atoms with Gasteiger partial charge in [0.05, 0.1) is 5.69 Å². The molecule has 5 heteroatoms. The number of para-hydroxylation sites is 1. The molecule has 0 bridgehead atoms. The van der Waals surface area contributed by atoms with Gasteiger partial charge in [0.25, 0.3) is 5.56 Å². The van der Waals surface area contributed by atoms with Crippen LogP contribution in [0.5, 0.6) is 0 Å². The van der Waals surface area contributed by atoms with Gasteiger partial charge in [0.1, 0.15) is 0 Å². The number of nitrogens with zero attached hydrogens (tertiary/aromatic N) is 1. The minimum atomic E-state index is -0.568. The molecule has 1 heterocycles. The molecule has 0 aliphatic carbocycles. The fourth-order valence-electron chi connectivity index (χ4n) is 1.44. The van der Waals surface area contributed by atoms with Crippen LogP contribution in [0.1, 0.15) is 10.4 Å². The molecule has 0 fully saturated rings. The molecule has 80 valence electrons. The van der Waals surface area contributed by atoms with Crippen molar-refractivity contribution in [3.63, 3.8) is 0 Å². The number of hydrogen-bond donors (Lipinski definition) is 1. The summed E-state index contributed by atoms with van der Waals surface area (Å²) in [5.74, 6) is 0. The minimum absolute atomic E-state index is 0.282. The highest BCUT2D eigenvalue weighted by atomic mass is 16.2. The second kappa shape index (κ2) is 3.98. The number of rotatable bonds is 2. The summed E-state index contributed by atoms with van der Waals surface area (Å²) in [7, 11) is 0. The average Bonchev–Trinajstić information content (AvgIpc) is 2.29. The van der Waals surface area contributed by atoms with Gasteiger partial charge < -0.3 is 4.98 Å². The van der Waals surface area contributed by atoms with E-state index in [1.54, 1.807) is 24.3 Å². The first-order valence-corrected chi connectivity index (χ1v) is 4.59. The lowest BCUT2D eigenvalue weighted by molar-refractivity contribution is 0.112. The Bertz CT molecular complexity index is 612. The summed E-state index contributed by atoms with van der Waals surface area (Å²) < 4.78 is 0.920. The van der Waals surface area contributed by atoms with Crippen LogP contribution in [0.4, 0.5) is 0 Å². The number of nitrogens with one attached hydrogen (secondary N) is 1. The Balaban J connectivity index is 2.83. The van der Waals surface area contributed by atoms with Gasteiger partial charge in [-0.05, 0) is 12.1 Å². The number of aldehydes is 1. The maximum absolute atomic E-state index is 11.5. The van der Waals surface area contributed by atoms with Crippen molar-refractivity contribution in [2.24, 2.45) is 0 Å². The predicted octanol–water partition coefficient (Wildman–Crippen LogP) is 0.338. The van der Waals surface area contributed by atoms with Crippen LogP contribution in [-0.4, -0.2) is 15.8 Å². The van der Waals surface area contributed by atoms with Crippen molar-refractivity contribution < 1.29 is 4.79 Å². The number of carbonyl (C=O) groups is 1. The molecule has 0 unspecified atom stereocenters. The molecule has 0 amide bonds. The fourth-order valence-corrected chi connectivity index (χ4v) is 1.44. The van der Waals surface area contributed by atoms with E-state index in [0.29, 0.717) is 11.8 Å². The van der Waals surface area contributed by atoms with Crippen molar-refractivity contribution in [2.45, 2.75) is 0 Å². The van der Waals surface area contributed by atoms with Gasteiger partial charge in [-0.2, -0.15) is 0 Å². The standard InChI is InChI=1S/C11H8N2O3/c14-7-8-3-1-2-4-9(8)13-10(15)5-6-12-11(13)16/h1-7H,(H,12,16). The molecule has 5 nitrogen and oxygen atoms in total. The Morgan fingerprint density at radius 2 is 1.88 bits per heavy atom. The highest BCUT2D eigenvalue weighted by Gasteiger charge is 2.07. The summed E-state index contributed by atoms with van der Waals surface area (Å²) in [6.45, 7) is 0. The van der Waals surface area contributed by atoms with Crippen molar-refractivity contribution in [2.75, 3.05) is 0 Å². The van der Waals surface area contributed by atoms with Crippen LogP contribution in [0.3, 0.4) is 0 Å². The van der Waals surface area contributed by atoms with Crippen LogP contribution in [0.2, 0.25) is 0 Å². The second-order valence-corrected chi connectivity index (χ2v) is 3.13. The van der Waals surface area contributed by atoms with Crippen molar-refractivity contribution in [1.82, 2.24) is 9.55 Å². The molecule has 0 radical (unpaired) electrons. The lowest BCUT2D eigenvalue weighted by Gasteiger charge is -2.05. The molecule has 1 N–H and O–H groups in total. The van der Waals surface area contributed by atoms with Gasteiger partial charge in [-0.25, -0.2) is 9.36 Å². The third-order valence-electron chi connectivity index (χ3n) is 2.16. The van der Waals surface area contributed by atoms with Gasteiger partial charge in [0, 0.05) is 17.8 Å². The zero-order valence-corrected chi connectivity index (χ0v) is 8.21. The summed E-state index contributed by atoms with van der Waals surface area (Å²) in [4.78, 5) is 36.2. The Morgan fingerprint density at radius 3 is 2.56 bits per heavy atom. The lowest BCUT2D eigenvalue weighted by Crippen LogP contribution is -2.32.